The van der Waals surface area contributed by atoms with Gasteiger partial charge in [-0.2, -0.15) is 0 Å². The summed E-state index contributed by atoms with van der Waals surface area (Å²) in [6.45, 7) is 0. The lowest BCUT2D eigenvalue weighted by atomic mass is 10.3. The third-order valence-electron chi connectivity index (χ3n) is 2.15. The smallest absolute Gasteiger partial charge is 0.307 e. The number of hydrogen-bond acceptors (Lipinski definition) is 4. The Morgan fingerprint density at radius 1 is 1.85 bits per heavy atom. The van der Waals surface area contributed by atoms with Crippen molar-refractivity contribution < 1.29 is 14.6 Å². The van der Waals surface area contributed by atoms with E-state index >= 15 is 0 Å². The van der Waals surface area contributed by atoms with E-state index in [1.165, 1.54) is 11.3 Å². The number of nitrogens with zero attached hydrogens (tertiary/aromatic N) is 1. The lowest BCUT2D eigenvalue weighted by Crippen LogP contribution is -1.97. The molecule has 0 radical (unpaired) electrons. The molecule has 0 aromatic carbocycles. The molecule has 4 nitrogen and oxygen atoms in total. The maximum atomic E-state index is 10.6. The van der Waals surface area contributed by atoms with Crippen LogP contribution < -0.4 is 4.74 Å². The van der Waals surface area contributed by atoms with E-state index < -0.39 is 5.97 Å². The van der Waals surface area contributed by atoms with E-state index in [-0.39, 0.29) is 11.8 Å². The molecule has 0 saturated heterocycles. The molecule has 1 heterocycles. The van der Waals surface area contributed by atoms with Gasteiger partial charge < -0.3 is 9.84 Å². The van der Waals surface area contributed by atoms with Crippen LogP contribution >= 0.6 is 11.3 Å². The zero-order valence-electron chi connectivity index (χ0n) is 7.06. The normalized spacial score (nSPS) is 25.6. The van der Waals surface area contributed by atoms with Gasteiger partial charge in [-0.3, -0.25) is 4.79 Å². The van der Waals surface area contributed by atoms with Crippen LogP contribution in [0.25, 0.3) is 0 Å². The Morgan fingerprint density at radius 2 is 2.62 bits per heavy atom. The number of thiazole rings is 1. The number of hydrogen-bond donors (Lipinski definition) is 1. The summed E-state index contributed by atoms with van der Waals surface area (Å²) in [6.07, 6.45) is 2.44. The Hall–Kier alpha value is -1.10. The summed E-state index contributed by atoms with van der Waals surface area (Å²) in [7, 11) is 1.56. The number of carboxylic acid groups (broad SMARTS) is 1. The van der Waals surface area contributed by atoms with Gasteiger partial charge in [-0.15, -0.1) is 0 Å². The Bertz CT molecular complexity index is 336. The predicted octanol–water partition coefficient (Wildman–Crippen LogP) is 1.34. The van der Waals surface area contributed by atoms with Gasteiger partial charge in [-0.1, -0.05) is 11.3 Å². The third kappa shape index (κ3) is 1.51. The molecule has 13 heavy (non-hydrogen) atoms. The lowest BCUT2D eigenvalue weighted by molar-refractivity contribution is -0.138. The van der Waals surface area contributed by atoms with Gasteiger partial charge in [0.25, 0.3) is 5.19 Å². The van der Waals surface area contributed by atoms with Crippen LogP contribution in [-0.2, 0) is 4.79 Å². The van der Waals surface area contributed by atoms with Crippen molar-refractivity contribution in [2.45, 2.75) is 12.3 Å². The highest BCUT2D eigenvalue weighted by Crippen LogP contribution is 2.50. The maximum absolute atomic E-state index is 10.6. The number of aliphatic carboxylic acids is 1. The molecule has 5 heteroatoms. The van der Waals surface area contributed by atoms with E-state index in [0.29, 0.717) is 5.19 Å². The SMILES string of the molecule is COc1ncc(C2CC2C(=O)O)s1. The summed E-state index contributed by atoms with van der Waals surface area (Å²) >= 11 is 1.43. The Morgan fingerprint density at radius 3 is 3.08 bits per heavy atom. The van der Waals surface area contributed by atoms with Crippen molar-refractivity contribution in [2.75, 3.05) is 7.11 Å². The van der Waals surface area contributed by atoms with E-state index in [0.717, 1.165) is 11.3 Å². The summed E-state index contributed by atoms with van der Waals surface area (Å²) in [5.74, 6) is -0.749. The van der Waals surface area contributed by atoms with Crippen molar-refractivity contribution >= 4 is 17.3 Å². The van der Waals surface area contributed by atoms with Crippen molar-refractivity contribution in [1.82, 2.24) is 4.98 Å². The van der Waals surface area contributed by atoms with E-state index in [2.05, 4.69) is 4.98 Å². The van der Waals surface area contributed by atoms with Gasteiger partial charge in [-0.25, -0.2) is 4.98 Å². The highest BCUT2D eigenvalue weighted by atomic mass is 32.1. The average Bonchev–Trinajstić information content (AvgIpc) is 2.78. The standard InChI is InChI=1S/C8H9NO3S/c1-12-8-9-3-6(13-8)4-2-5(4)7(10)11/h3-5H,2H2,1H3,(H,10,11). The second-order valence-corrected chi connectivity index (χ2v) is 4.04. The van der Waals surface area contributed by atoms with Gasteiger partial charge in [0.15, 0.2) is 0 Å². The van der Waals surface area contributed by atoms with Gasteiger partial charge in [0.05, 0.1) is 13.0 Å². The first kappa shape index (κ1) is 8.50. The second-order valence-electron chi connectivity index (χ2n) is 3.02. The number of carbonyl (C=O) groups is 1. The quantitative estimate of drug-likeness (QED) is 0.798. The first-order valence-corrected chi connectivity index (χ1v) is 4.76. The molecule has 0 aliphatic heterocycles. The summed E-state index contributed by atoms with van der Waals surface area (Å²) in [5, 5.41) is 9.30. The highest BCUT2D eigenvalue weighted by Gasteiger charge is 2.45. The molecule has 0 amide bonds. The zero-order valence-corrected chi connectivity index (χ0v) is 7.87. The molecule has 1 saturated carbocycles. The van der Waals surface area contributed by atoms with Crippen molar-refractivity contribution in [2.24, 2.45) is 5.92 Å². The fourth-order valence-corrected chi connectivity index (χ4v) is 2.23. The predicted molar refractivity (Wildman–Crippen MR) is 47.1 cm³/mol. The Labute approximate surface area is 79.2 Å². The largest absolute Gasteiger partial charge is 0.481 e. The fourth-order valence-electron chi connectivity index (χ4n) is 1.32. The molecule has 2 rings (SSSR count). The summed E-state index contributed by atoms with van der Waals surface area (Å²) in [4.78, 5) is 15.6. The summed E-state index contributed by atoms with van der Waals surface area (Å²) in [5.41, 5.74) is 0. The molecule has 1 aliphatic carbocycles. The molecular formula is C8H9NO3S. The zero-order chi connectivity index (χ0) is 9.42. The minimum atomic E-state index is -0.711. The first-order chi connectivity index (χ1) is 6.22. The number of rotatable bonds is 3. The van der Waals surface area contributed by atoms with Crippen molar-refractivity contribution in [3.8, 4) is 5.19 Å². The van der Waals surface area contributed by atoms with E-state index in [1.54, 1.807) is 13.3 Å². The number of ether oxygens (including phenoxy) is 1. The summed E-state index contributed by atoms with van der Waals surface area (Å²) < 4.78 is 4.93. The van der Waals surface area contributed by atoms with Crippen molar-refractivity contribution in [3.05, 3.63) is 11.1 Å². The fraction of sp³-hybridized carbons (Fsp3) is 0.500. The van der Waals surface area contributed by atoms with Crippen LogP contribution in [0.5, 0.6) is 5.19 Å². The topological polar surface area (TPSA) is 59.4 Å². The van der Waals surface area contributed by atoms with E-state index in [9.17, 15) is 4.79 Å². The van der Waals surface area contributed by atoms with Crippen LogP contribution in [0.4, 0.5) is 0 Å². The Kier molecular flexibility index (Phi) is 1.95. The summed E-state index contributed by atoms with van der Waals surface area (Å²) in [6, 6.07) is 0. The first-order valence-electron chi connectivity index (χ1n) is 3.95. The Balaban J connectivity index is 2.07. The average molecular weight is 199 g/mol. The minimum absolute atomic E-state index is 0.166. The molecule has 1 aromatic heterocycles. The molecule has 1 aliphatic rings. The molecular weight excluding hydrogens is 190 g/mol. The van der Waals surface area contributed by atoms with Gasteiger partial charge in [0.1, 0.15) is 0 Å². The van der Waals surface area contributed by atoms with Crippen LogP contribution in [0.3, 0.4) is 0 Å². The molecule has 70 valence electrons. The van der Waals surface area contributed by atoms with Gasteiger partial charge >= 0.3 is 5.97 Å². The van der Waals surface area contributed by atoms with Crippen LogP contribution in [0.2, 0.25) is 0 Å². The van der Waals surface area contributed by atoms with Crippen molar-refractivity contribution in [1.29, 1.82) is 0 Å². The minimum Gasteiger partial charge on any atom is -0.481 e. The van der Waals surface area contributed by atoms with Gasteiger partial charge in [-0.05, 0) is 6.42 Å². The van der Waals surface area contributed by atoms with Gasteiger partial charge in [0, 0.05) is 17.0 Å². The molecule has 0 spiro atoms. The molecule has 0 bridgehead atoms. The van der Waals surface area contributed by atoms with E-state index in [1.807, 2.05) is 0 Å². The van der Waals surface area contributed by atoms with Crippen molar-refractivity contribution in [3.63, 3.8) is 0 Å². The maximum Gasteiger partial charge on any atom is 0.307 e. The second kappa shape index (κ2) is 2.99. The molecule has 1 N–H and O–H groups in total. The molecule has 2 unspecified atom stereocenters. The molecule has 2 atom stereocenters. The lowest BCUT2D eigenvalue weighted by Gasteiger charge is -1.89. The van der Waals surface area contributed by atoms with Crippen LogP contribution in [0.15, 0.2) is 6.20 Å². The van der Waals surface area contributed by atoms with Crippen LogP contribution in [0.1, 0.15) is 17.2 Å². The number of methoxy groups -OCH3 is 1. The number of carboxylic acids is 1. The number of aromatic nitrogens is 1. The third-order valence-corrected chi connectivity index (χ3v) is 3.24. The highest BCUT2D eigenvalue weighted by molar-refractivity contribution is 7.13. The molecule has 1 aromatic rings. The van der Waals surface area contributed by atoms with Crippen LogP contribution in [-0.4, -0.2) is 23.2 Å². The van der Waals surface area contributed by atoms with Gasteiger partial charge in [0.2, 0.25) is 0 Å². The monoisotopic (exact) mass is 199 g/mol. The molecule has 1 fully saturated rings. The van der Waals surface area contributed by atoms with Crippen LogP contribution in [0, 0.1) is 5.92 Å². The van der Waals surface area contributed by atoms with E-state index in [4.69, 9.17) is 9.84 Å².